The summed E-state index contributed by atoms with van der Waals surface area (Å²) in [5, 5.41) is 8.45. The van der Waals surface area contributed by atoms with Crippen LogP contribution in [0.3, 0.4) is 0 Å². The molecule has 1 aliphatic heterocycles. The Kier molecular flexibility index (Phi) is 8.56. The van der Waals surface area contributed by atoms with Crippen molar-refractivity contribution in [2.45, 2.75) is 19.3 Å². The van der Waals surface area contributed by atoms with Crippen LogP contribution in [0.2, 0.25) is 0 Å². The van der Waals surface area contributed by atoms with Gasteiger partial charge in [-0.15, -0.1) is 35.3 Å². The van der Waals surface area contributed by atoms with Gasteiger partial charge in [0.2, 0.25) is 10.0 Å². The lowest BCUT2D eigenvalue weighted by Crippen LogP contribution is -2.42. The van der Waals surface area contributed by atoms with Gasteiger partial charge in [-0.05, 0) is 29.5 Å². The van der Waals surface area contributed by atoms with Crippen LogP contribution >= 0.6 is 35.3 Å². The summed E-state index contributed by atoms with van der Waals surface area (Å²) in [6.45, 7) is 3.73. The van der Waals surface area contributed by atoms with E-state index in [1.54, 1.807) is 18.4 Å². The molecule has 0 saturated heterocycles. The number of nitrogens with one attached hydrogen (secondary N) is 2. The third-order valence-electron chi connectivity index (χ3n) is 4.66. The highest BCUT2D eigenvalue weighted by Crippen LogP contribution is 2.29. The molecule has 0 saturated carbocycles. The minimum atomic E-state index is -3.35. The third-order valence-corrected chi connectivity index (χ3v) is 7.54. The minimum absolute atomic E-state index is 0. The van der Waals surface area contributed by atoms with Gasteiger partial charge in [0.1, 0.15) is 0 Å². The molecule has 154 valence electrons. The van der Waals surface area contributed by atoms with E-state index >= 15 is 0 Å². The third kappa shape index (κ3) is 5.60. The fourth-order valence-electron chi connectivity index (χ4n) is 3.15. The molecule has 9 heteroatoms. The number of thiophene rings is 1. The van der Waals surface area contributed by atoms with Crippen molar-refractivity contribution in [2.24, 2.45) is 4.99 Å². The fraction of sp³-hybridized carbons (Fsp3) is 0.421. The molecule has 28 heavy (non-hydrogen) atoms. The van der Waals surface area contributed by atoms with Gasteiger partial charge in [-0.1, -0.05) is 31.2 Å². The van der Waals surface area contributed by atoms with Gasteiger partial charge in [-0.2, -0.15) is 0 Å². The molecule has 1 aromatic heterocycles. The number of guanidine groups is 1. The molecular formula is C19H27IN4O2S2. The summed E-state index contributed by atoms with van der Waals surface area (Å²) in [5.74, 6) is 1.02. The molecule has 6 nitrogen and oxygen atoms in total. The Morgan fingerprint density at radius 3 is 2.75 bits per heavy atom. The van der Waals surface area contributed by atoms with Crippen LogP contribution in [-0.4, -0.2) is 46.8 Å². The smallest absolute Gasteiger partial charge is 0.236 e. The van der Waals surface area contributed by atoms with E-state index in [4.69, 9.17) is 0 Å². The lowest BCUT2D eigenvalue weighted by molar-refractivity contribution is 0.590. The van der Waals surface area contributed by atoms with Crippen molar-refractivity contribution < 1.29 is 8.42 Å². The first-order valence-electron chi connectivity index (χ1n) is 9.07. The fourth-order valence-corrected chi connectivity index (χ4v) is 5.36. The number of aliphatic imine (C=N–C) groups is 1. The second-order valence-electron chi connectivity index (χ2n) is 6.56. The molecule has 3 rings (SSSR count). The Balaban J connectivity index is 0.00000280. The summed E-state index contributed by atoms with van der Waals surface area (Å²) in [6.07, 6.45) is 0.771. The van der Waals surface area contributed by atoms with Crippen molar-refractivity contribution >= 4 is 57.0 Å². The maximum Gasteiger partial charge on any atom is 0.236 e. The molecule has 1 atom stereocenters. The van der Waals surface area contributed by atoms with E-state index in [1.165, 1.54) is 9.18 Å². The molecule has 0 amide bonds. The molecule has 2 N–H and O–H groups in total. The molecular weight excluding hydrogens is 507 g/mol. The Bertz CT molecular complexity index is 885. The van der Waals surface area contributed by atoms with Crippen molar-refractivity contribution in [1.29, 1.82) is 0 Å². The van der Waals surface area contributed by atoms with Crippen molar-refractivity contribution in [2.75, 3.05) is 36.7 Å². The highest BCUT2D eigenvalue weighted by molar-refractivity contribution is 14.0. The average Bonchev–Trinajstić information content (AvgIpc) is 3.34. The second-order valence-corrected chi connectivity index (χ2v) is 9.56. The van der Waals surface area contributed by atoms with Gasteiger partial charge in [-0.25, -0.2) is 8.42 Å². The number of anilines is 1. The first kappa shape index (κ1) is 23.0. The summed E-state index contributed by atoms with van der Waals surface area (Å²) in [7, 11) is -1.66. The Labute approximate surface area is 188 Å². The maximum absolute atomic E-state index is 12.7. The molecule has 0 aliphatic carbocycles. The zero-order chi connectivity index (χ0) is 19.3. The molecule has 0 fully saturated rings. The van der Waals surface area contributed by atoms with Gasteiger partial charge in [0.05, 0.1) is 11.4 Å². The number of benzene rings is 1. The lowest BCUT2D eigenvalue weighted by atomic mass is 10.1. The van der Waals surface area contributed by atoms with Crippen LogP contribution in [-0.2, 0) is 16.4 Å². The van der Waals surface area contributed by atoms with Gasteiger partial charge >= 0.3 is 0 Å². The van der Waals surface area contributed by atoms with Gasteiger partial charge in [0.25, 0.3) is 0 Å². The zero-order valence-electron chi connectivity index (χ0n) is 16.1. The highest BCUT2D eigenvalue weighted by Gasteiger charge is 2.28. The van der Waals surface area contributed by atoms with Crippen molar-refractivity contribution in [3.8, 4) is 0 Å². The van der Waals surface area contributed by atoms with E-state index < -0.39 is 10.0 Å². The van der Waals surface area contributed by atoms with E-state index in [9.17, 15) is 8.42 Å². The standard InChI is InChI=1S/C19H26N4O2S2.HI/c1-15(18-8-5-12-26-18)14-22-19(20-2)21-10-13-27(24,25)23-11-9-16-6-3-4-7-17(16)23;/h3-8,12,15H,9-11,13-14H2,1-2H3,(H2,20,21,22);1H. The van der Waals surface area contributed by atoms with Gasteiger partial charge in [-0.3, -0.25) is 9.30 Å². The number of hydrogen-bond donors (Lipinski definition) is 2. The van der Waals surface area contributed by atoms with Crippen LogP contribution in [0.4, 0.5) is 5.69 Å². The molecule has 0 radical (unpaired) electrons. The topological polar surface area (TPSA) is 73.8 Å². The summed E-state index contributed by atoms with van der Waals surface area (Å²) >= 11 is 1.73. The number of halogens is 1. The number of hydrogen-bond acceptors (Lipinski definition) is 4. The average molecular weight is 534 g/mol. The highest BCUT2D eigenvalue weighted by atomic mass is 127. The second kappa shape index (κ2) is 10.4. The van der Waals surface area contributed by atoms with Crippen LogP contribution < -0.4 is 14.9 Å². The van der Waals surface area contributed by atoms with E-state index in [1.807, 2.05) is 30.3 Å². The normalized spacial score (nSPS) is 14.9. The van der Waals surface area contributed by atoms with E-state index in [0.717, 1.165) is 24.2 Å². The van der Waals surface area contributed by atoms with Crippen LogP contribution in [0, 0.1) is 0 Å². The lowest BCUT2D eigenvalue weighted by Gasteiger charge is -2.20. The first-order valence-corrected chi connectivity index (χ1v) is 11.6. The Morgan fingerprint density at radius 1 is 1.25 bits per heavy atom. The largest absolute Gasteiger partial charge is 0.356 e. The molecule has 1 unspecified atom stereocenters. The van der Waals surface area contributed by atoms with Crippen LogP contribution in [0.5, 0.6) is 0 Å². The van der Waals surface area contributed by atoms with Gasteiger partial charge in [0.15, 0.2) is 5.96 Å². The van der Waals surface area contributed by atoms with Crippen LogP contribution in [0.25, 0.3) is 0 Å². The molecule has 2 heterocycles. The summed E-state index contributed by atoms with van der Waals surface area (Å²) in [4.78, 5) is 5.50. The number of nitrogens with zero attached hydrogens (tertiary/aromatic N) is 2. The predicted octanol–water partition coefficient (Wildman–Crippen LogP) is 3.03. The first-order chi connectivity index (χ1) is 13.0. The van der Waals surface area contributed by atoms with E-state index in [2.05, 4.69) is 34.0 Å². The Hall–Kier alpha value is -1.33. The number of sulfonamides is 1. The summed E-state index contributed by atoms with van der Waals surface area (Å²) in [5.41, 5.74) is 1.90. The van der Waals surface area contributed by atoms with Gasteiger partial charge in [0, 0.05) is 37.5 Å². The molecule has 0 spiro atoms. The van der Waals surface area contributed by atoms with E-state index in [0.29, 0.717) is 25.0 Å². The van der Waals surface area contributed by atoms with Crippen molar-refractivity contribution in [3.05, 3.63) is 52.2 Å². The molecule has 1 aliphatic rings. The summed E-state index contributed by atoms with van der Waals surface area (Å²) in [6, 6.07) is 11.9. The van der Waals surface area contributed by atoms with Crippen LogP contribution in [0.1, 0.15) is 23.3 Å². The Morgan fingerprint density at radius 2 is 2.04 bits per heavy atom. The van der Waals surface area contributed by atoms with Gasteiger partial charge < -0.3 is 10.6 Å². The van der Waals surface area contributed by atoms with Crippen molar-refractivity contribution in [3.63, 3.8) is 0 Å². The van der Waals surface area contributed by atoms with Crippen LogP contribution in [0.15, 0.2) is 46.8 Å². The zero-order valence-corrected chi connectivity index (χ0v) is 20.1. The maximum atomic E-state index is 12.7. The molecule has 2 aromatic rings. The monoisotopic (exact) mass is 534 g/mol. The molecule has 0 bridgehead atoms. The van der Waals surface area contributed by atoms with E-state index in [-0.39, 0.29) is 29.7 Å². The minimum Gasteiger partial charge on any atom is -0.356 e. The summed E-state index contributed by atoms with van der Waals surface area (Å²) < 4.78 is 27.0. The van der Waals surface area contributed by atoms with Crippen molar-refractivity contribution in [1.82, 2.24) is 10.6 Å². The number of rotatable bonds is 7. The quantitative estimate of drug-likeness (QED) is 0.326. The predicted molar refractivity (Wildman–Crippen MR) is 129 cm³/mol. The molecule has 1 aromatic carbocycles. The number of fused-ring (bicyclic) bond motifs is 1. The number of para-hydroxylation sites is 1. The SMILES string of the molecule is CN=C(NCCS(=O)(=O)N1CCc2ccccc21)NCC(C)c1cccs1.I.